The Morgan fingerprint density at radius 2 is 2.10 bits per heavy atom. The molecule has 2 unspecified atom stereocenters. The Kier molecular flexibility index (Phi) is 5.17. The SMILES string of the molecule is CCN(C(C)COC)C(CN)c1cc2ccccc2o1. The zero-order valence-corrected chi connectivity index (χ0v) is 12.5. The lowest BCUT2D eigenvalue weighted by atomic mass is 10.1. The first kappa shape index (κ1) is 15.0. The molecule has 2 aromatic rings. The lowest BCUT2D eigenvalue weighted by Crippen LogP contribution is -2.41. The Bertz CT molecular complexity index is 505. The largest absolute Gasteiger partial charge is 0.459 e. The number of likely N-dealkylation sites (N-methyl/N-ethyl adjacent to an activating group) is 1. The number of methoxy groups -OCH3 is 1. The van der Waals surface area contributed by atoms with Crippen molar-refractivity contribution in [1.29, 1.82) is 0 Å². The highest BCUT2D eigenvalue weighted by Gasteiger charge is 2.25. The van der Waals surface area contributed by atoms with E-state index in [2.05, 4.69) is 30.9 Å². The van der Waals surface area contributed by atoms with Crippen molar-refractivity contribution in [3.8, 4) is 0 Å². The molecule has 0 aliphatic heterocycles. The summed E-state index contributed by atoms with van der Waals surface area (Å²) in [5, 5.41) is 1.12. The van der Waals surface area contributed by atoms with Gasteiger partial charge >= 0.3 is 0 Å². The molecule has 0 bridgehead atoms. The van der Waals surface area contributed by atoms with E-state index in [-0.39, 0.29) is 6.04 Å². The van der Waals surface area contributed by atoms with Crippen LogP contribution in [0.5, 0.6) is 0 Å². The van der Waals surface area contributed by atoms with Crippen molar-refractivity contribution in [2.45, 2.75) is 25.9 Å². The molecule has 0 spiro atoms. The maximum atomic E-state index is 5.99. The predicted octanol–water partition coefficient (Wildman–Crippen LogP) is 2.79. The zero-order chi connectivity index (χ0) is 14.5. The topological polar surface area (TPSA) is 51.6 Å². The van der Waals surface area contributed by atoms with Crippen molar-refractivity contribution in [2.75, 3.05) is 26.8 Å². The second-order valence-electron chi connectivity index (χ2n) is 5.07. The van der Waals surface area contributed by atoms with Gasteiger partial charge in [-0.05, 0) is 25.6 Å². The minimum absolute atomic E-state index is 0.0811. The quantitative estimate of drug-likeness (QED) is 0.845. The fourth-order valence-corrected chi connectivity index (χ4v) is 2.76. The molecule has 0 radical (unpaired) electrons. The second kappa shape index (κ2) is 6.88. The minimum Gasteiger partial charge on any atom is -0.459 e. The van der Waals surface area contributed by atoms with Gasteiger partial charge in [-0.15, -0.1) is 0 Å². The zero-order valence-electron chi connectivity index (χ0n) is 12.5. The number of ether oxygens (including phenoxy) is 1. The molecule has 1 aromatic carbocycles. The van der Waals surface area contributed by atoms with Crippen LogP contribution < -0.4 is 5.73 Å². The van der Waals surface area contributed by atoms with Crippen molar-refractivity contribution in [3.05, 3.63) is 36.1 Å². The molecule has 0 saturated carbocycles. The number of para-hydroxylation sites is 1. The standard InChI is InChI=1S/C16H24N2O2/c1-4-18(12(2)11-19-3)14(10-17)16-9-13-7-5-6-8-15(13)20-16/h5-9,12,14H,4,10-11,17H2,1-3H3. The number of nitrogens with zero attached hydrogens (tertiary/aromatic N) is 1. The molecule has 0 aliphatic carbocycles. The van der Waals surface area contributed by atoms with E-state index in [4.69, 9.17) is 14.9 Å². The van der Waals surface area contributed by atoms with Crippen LogP contribution >= 0.6 is 0 Å². The number of nitrogens with two attached hydrogens (primary N) is 1. The van der Waals surface area contributed by atoms with Gasteiger partial charge in [0.2, 0.25) is 0 Å². The highest BCUT2D eigenvalue weighted by atomic mass is 16.5. The van der Waals surface area contributed by atoms with Crippen LogP contribution in [0.4, 0.5) is 0 Å². The van der Waals surface area contributed by atoms with Gasteiger partial charge < -0.3 is 14.9 Å². The summed E-state index contributed by atoms with van der Waals surface area (Å²) in [5.74, 6) is 0.929. The fraction of sp³-hybridized carbons (Fsp3) is 0.500. The van der Waals surface area contributed by atoms with Crippen molar-refractivity contribution < 1.29 is 9.15 Å². The average molecular weight is 276 g/mol. The van der Waals surface area contributed by atoms with Gasteiger partial charge in [-0.2, -0.15) is 0 Å². The molecule has 2 atom stereocenters. The van der Waals surface area contributed by atoms with Crippen molar-refractivity contribution >= 4 is 11.0 Å². The van der Waals surface area contributed by atoms with Gasteiger partial charge in [0.15, 0.2) is 0 Å². The molecular weight excluding hydrogens is 252 g/mol. The summed E-state index contributed by atoms with van der Waals surface area (Å²) in [6.07, 6.45) is 0. The monoisotopic (exact) mass is 276 g/mol. The number of rotatable bonds is 7. The predicted molar refractivity (Wildman–Crippen MR) is 81.7 cm³/mol. The van der Waals surface area contributed by atoms with Gasteiger partial charge in [0.1, 0.15) is 11.3 Å². The van der Waals surface area contributed by atoms with E-state index in [1.165, 1.54) is 0 Å². The van der Waals surface area contributed by atoms with E-state index in [0.29, 0.717) is 19.2 Å². The number of furan rings is 1. The Balaban J connectivity index is 2.29. The van der Waals surface area contributed by atoms with Crippen molar-refractivity contribution in [3.63, 3.8) is 0 Å². The smallest absolute Gasteiger partial charge is 0.134 e. The molecular formula is C16H24N2O2. The molecule has 0 amide bonds. The summed E-state index contributed by atoms with van der Waals surface area (Å²) >= 11 is 0. The molecule has 0 aliphatic rings. The Morgan fingerprint density at radius 3 is 2.70 bits per heavy atom. The van der Waals surface area contributed by atoms with Gasteiger partial charge in [-0.1, -0.05) is 25.1 Å². The summed E-state index contributed by atoms with van der Waals surface area (Å²) in [7, 11) is 1.73. The molecule has 2 rings (SSSR count). The molecule has 2 N–H and O–H groups in total. The highest BCUT2D eigenvalue weighted by molar-refractivity contribution is 5.77. The van der Waals surface area contributed by atoms with Crippen molar-refractivity contribution in [1.82, 2.24) is 4.90 Å². The number of fused-ring (bicyclic) bond motifs is 1. The molecule has 20 heavy (non-hydrogen) atoms. The lowest BCUT2D eigenvalue weighted by Gasteiger charge is -2.33. The first-order chi connectivity index (χ1) is 9.71. The first-order valence-electron chi connectivity index (χ1n) is 7.14. The normalized spacial score (nSPS) is 14.8. The van der Waals surface area contributed by atoms with Crippen LogP contribution in [-0.4, -0.2) is 37.7 Å². The summed E-state index contributed by atoms with van der Waals surface area (Å²) in [6.45, 7) is 6.41. The lowest BCUT2D eigenvalue weighted by molar-refractivity contribution is 0.0685. The van der Waals surface area contributed by atoms with E-state index >= 15 is 0 Å². The molecule has 1 aromatic heterocycles. The molecule has 0 fully saturated rings. The maximum Gasteiger partial charge on any atom is 0.134 e. The van der Waals surface area contributed by atoms with Gasteiger partial charge in [-0.3, -0.25) is 4.90 Å². The van der Waals surface area contributed by atoms with Crippen LogP contribution in [0.1, 0.15) is 25.6 Å². The molecule has 1 heterocycles. The minimum atomic E-state index is 0.0811. The van der Waals surface area contributed by atoms with E-state index < -0.39 is 0 Å². The Hall–Kier alpha value is -1.36. The number of hydrogen-bond acceptors (Lipinski definition) is 4. The third kappa shape index (κ3) is 3.03. The Labute approximate surface area is 120 Å². The summed E-state index contributed by atoms with van der Waals surface area (Å²) < 4.78 is 11.2. The first-order valence-corrected chi connectivity index (χ1v) is 7.14. The van der Waals surface area contributed by atoms with Crippen LogP contribution in [0.15, 0.2) is 34.7 Å². The van der Waals surface area contributed by atoms with E-state index in [1.54, 1.807) is 7.11 Å². The van der Waals surface area contributed by atoms with Crippen LogP contribution in [0.3, 0.4) is 0 Å². The summed E-state index contributed by atoms with van der Waals surface area (Å²) in [6, 6.07) is 10.5. The van der Waals surface area contributed by atoms with Crippen LogP contribution in [0.25, 0.3) is 11.0 Å². The molecule has 4 heteroatoms. The molecule has 110 valence electrons. The van der Waals surface area contributed by atoms with Gasteiger partial charge in [0.05, 0.1) is 12.6 Å². The van der Waals surface area contributed by atoms with Crippen LogP contribution in [0, 0.1) is 0 Å². The van der Waals surface area contributed by atoms with E-state index in [0.717, 1.165) is 23.3 Å². The molecule has 0 saturated heterocycles. The van der Waals surface area contributed by atoms with E-state index in [1.807, 2.05) is 18.2 Å². The average Bonchev–Trinajstić information content (AvgIpc) is 2.88. The third-order valence-electron chi connectivity index (χ3n) is 3.74. The van der Waals surface area contributed by atoms with Gasteiger partial charge in [-0.25, -0.2) is 0 Å². The summed E-state index contributed by atoms with van der Waals surface area (Å²) in [4.78, 5) is 2.32. The van der Waals surface area contributed by atoms with Crippen LogP contribution in [-0.2, 0) is 4.74 Å². The Morgan fingerprint density at radius 1 is 1.35 bits per heavy atom. The van der Waals surface area contributed by atoms with Gasteiger partial charge in [0, 0.05) is 25.1 Å². The van der Waals surface area contributed by atoms with E-state index in [9.17, 15) is 0 Å². The third-order valence-corrected chi connectivity index (χ3v) is 3.74. The van der Waals surface area contributed by atoms with Crippen LogP contribution in [0.2, 0.25) is 0 Å². The van der Waals surface area contributed by atoms with Gasteiger partial charge in [0.25, 0.3) is 0 Å². The second-order valence-corrected chi connectivity index (χ2v) is 5.07. The number of hydrogen-bond donors (Lipinski definition) is 1. The highest BCUT2D eigenvalue weighted by Crippen LogP contribution is 2.28. The van der Waals surface area contributed by atoms with Crippen molar-refractivity contribution in [2.24, 2.45) is 5.73 Å². The fourth-order valence-electron chi connectivity index (χ4n) is 2.76. The summed E-state index contributed by atoms with van der Waals surface area (Å²) in [5.41, 5.74) is 6.91. The number of benzene rings is 1. The molecule has 4 nitrogen and oxygen atoms in total. The maximum absolute atomic E-state index is 5.99.